The number of hydrogen-bond donors (Lipinski definition) is 3. The van der Waals surface area contributed by atoms with E-state index in [2.05, 4.69) is 10.0 Å². The van der Waals surface area contributed by atoms with Gasteiger partial charge in [0.15, 0.2) is 5.78 Å². The summed E-state index contributed by atoms with van der Waals surface area (Å²) < 4.78 is 26.3. The summed E-state index contributed by atoms with van der Waals surface area (Å²) >= 11 is 0. The monoisotopic (exact) mass is 416 g/mol. The summed E-state index contributed by atoms with van der Waals surface area (Å²) in [6, 6.07) is 12.3. The first kappa shape index (κ1) is 22.0. The first-order chi connectivity index (χ1) is 13.7. The minimum Gasteiger partial charge on any atom is -0.481 e. The van der Waals surface area contributed by atoms with Gasteiger partial charge in [-0.25, -0.2) is 13.1 Å². The first-order valence-electron chi connectivity index (χ1n) is 8.59. The lowest BCUT2D eigenvalue weighted by molar-refractivity contribution is -0.136. The van der Waals surface area contributed by atoms with Crippen LogP contribution in [-0.4, -0.2) is 37.7 Å². The summed E-state index contributed by atoms with van der Waals surface area (Å²) in [5, 5.41) is 11.2. The second kappa shape index (κ2) is 9.76. The van der Waals surface area contributed by atoms with Crippen LogP contribution in [0.15, 0.2) is 59.5 Å². The fraction of sp³-hybridized carbons (Fsp3) is 0.150. The normalized spacial score (nSPS) is 11.3. The van der Waals surface area contributed by atoms with Gasteiger partial charge in [-0.3, -0.25) is 14.4 Å². The molecule has 0 aromatic heterocycles. The largest absolute Gasteiger partial charge is 0.481 e. The predicted molar refractivity (Wildman–Crippen MR) is 108 cm³/mol. The lowest BCUT2D eigenvalue weighted by atomic mass is 10.1. The Morgan fingerprint density at radius 2 is 1.62 bits per heavy atom. The molecule has 0 aliphatic carbocycles. The summed E-state index contributed by atoms with van der Waals surface area (Å²) in [5.41, 5.74) is 1.71. The fourth-order valence-electron chi connectivity index (χ4n) is 2.32. The Hall–Kier alpha value is -3.30. The van der Waals surface area contributed by atoms with Gasteiger partial charge >= 0.3 is 5.97 Å². The number of carbonyl (C=O) groups is 3. The Balaban J connectivity index is 2.02. The molecule has 9 heteroatoms. The average molecular weight is 416 g/mol. The molecule has 0 fully saturated rings. The molecule has 0 atom stereocenters. The van der Waals surface area contributed by atoms with E-state index in [1.807, 2.05) is 0 Å². The predicted octanol–water partition coefficient (Wildman–Crippen LogP) is 2.29. The number of anilines is 1. The number of benzene rings is 2. The minimum absolute atomic E-state index is 0.0584. The number of carbonyl (C=O) groups excluding carboxylic acids is 2. The van der Waals surface area contributed by atoms with Gasteiger partial charge in [-0.1, -0.05) is 18.2 Å². The molecule has 152 valence electrons. The van der Waals surface area contributed by atoms with Crippen LogP contribution in [0.4, 0.5) is 5.69 Å². The highest BCUT2D eigenvalue weighted by Gasteiger charge is 2.14. The first-order valence-corrected chi connectivity index (χ1v) is 10.1. The van der Waals surface area contributed by atoms with Crippen molar-refractivity contribution in [2.75, 3.05) is 11.9 Å². The Labute approximate surface area is 168 Å². The number of amides is 1. The van der Waals surface area contributed by atoms with Crippen LogP contribution in [-0.2, 0) is 19.6 Å². The maximum absolute atomic E-state index is 12.3. The maximum atomic E-state index is 12.3. The van der Waals surface area contributed by atoms with E-state index >= 15 is 0 Å². The molecule has 0 saturated carbocycles. The lowest BCUT2D eigenvalue weighted by Gasteiger charge is -2.06. The molecule has 0 saturated heterocycles. The SMILES string of the molecule is CC(=O)Nc1ccc(/C=C/C(=O)c2ccc(S(=O)(=O)NCCC(=O)O)cc2)cc1. The van der Waals surface area contributed by atoms with Gasteiger partial charge in [0, 0.05) is 24.7 Å². The number of nitrogens with one attached hydrogen (secondary N) is 2. The molecule has 0 unspecified atom stereocenters. The van der Waals surface area contributed by atoms with Crippen LogP contribution >= 0.6 is 0 Å². The Morgan fingerprint density at radius 3 is 2.17 bits per heavy atom. The Kier molecular flexibility index (Phi) is 7.40. The van der Waals surface area contributed by atoms with Crippen LogP contribution in [0.2, 0.25) is 0 Å². The van der Waals surface area contributed by atoms with E-state index in [0.29, 0.717) is 11.3 Å². The zero-order valence-corrected chi connectivity index (χ0v) is 16.4. The topological polar surface area (TPSA) is 130 Å². The molecule has 0 bridgehead atoms. The van der Waals surface area contributed by atoms with Gasteiger partial charge in [-0.15, -0.1) is 0 Å². The number of carboxylic acid groups (broad SMARTS) is 1. The molecule has 8 nitrogen and oxygen atoms in total. The quantitative estimate of drug-likeness (QED) is 0.425. The van der Waals surface area contributed by atoms with Crippen molar-refractivity contribution in [2.24, 2.45) is 0 Å². The van der Waals surface area contributed by atoms with Crippen LogP contribution in [0.5, 0.6) is 0 Å². The van der Waals surface area contributed by atoms with Gasteiger partial charge in [0.1, 0.15) is 0 Å². The van der Waals surface area contributed by atoms with Crippen LogP contribution in [0.1, 0.15) is 29.3 Å². The van der Waals surface area contributed by atoms with E-state index in [0.717, 1.165) is 5.56 Å². The standard InChI is InChI=1S/C20H20N2O6S/c1-14(23)22-17-7-2-15(3-8-17)4-11-19(24)16-5-9-18(10-6-16)29(27,28)21-13-12-20(25)26/h2-11,21H,12-13H2,1H3,(H,22,23)(H,25,26)/b11-4+. The van der Waals surface area contributed by atoms with Crippen molar-refractivity contribution in [3.63, 3.8) is 0 Å². The molecular formula is C20H20N2O6S. The van der Waals surface area contributed by atoms with Crippen molar-refractivity contribution in [2.45, 2.75) is 18.2 Å². The number of aliphatic carboxylic acids is 1. The Bertz CT molecular complexity index is 1030. The van der Waals surface area contributed by atoms with Gasteiger partial charge < -0.3 is 10.4 Å². The highest BCUT2D eigenvalue weighted by molar-refractivity contribution is 7.89. The van der Waals surface area contributed by atoms with Crippen molar-refractivity contribution in [3.05, 3.63) is 65.7 Å². The zero-order chi connectivity index (χ0) is 21.4. The molecule has 1 amide bonds. The summed E-state index contributed by atoms with van der Waals surface area (Å²) in [6.07, 6.45) is 2.65. The molecule has 0 radical (unpaired) electrons. The van der Waals surface area contributed by atoms with Crippen LogP contribution in [0.25, 0.3) is 6.08 Å². The summed E-state index contributed by atoms with van der Waals surface area (Å²) in [5.74, 6) is -1.59. The summed E-state index contributed by atoms with van der Waals surface area (Å²) in [6.45, 7) is 1.19. The Morgan fingerprint density at radius 1 is 1.00 bits per heavy atom. The van der Waals surface area contributed by atoms with E-state index in [9.17, 15) is 22.8 Å². The number of sulfonamides is 1. The smallest absolute Gasteiger partial charge is 0.304 e. The van der Waals surface area contributed by atoms with E-state index in [1.54, 1.807) is 30.3 Å². The van der Waals surface area contributed by atoms with E-state index < -0.39 is 16.0 Å². The summed E-state index contributed by atoms with van der Waals surface area (Å²) in [7, 11) is -3.84. The number of rotatable bonds is 9. The second-order valence-electron chi connectivity index (χ2n) is 6.07. The van der Waals surface area contributed by atoms with Crippen molar-refractivity contribution in [3.8, 4) is 0 Å². The van der Waals surface area contributed by atoms with Gasteiger partial charge in [-0.05, 0) is 48.0 Å². The van der Waals surface area contributed by atoms with E-state index in [-0.39, 0.29) is 29.6 Å². The lowest BCUT2D eigenvalue weighted by Crippen LogP contribution is -2.26. The number of allylic oxidation sites excluding steroid dienone is 1. The minimum atomic E-state index is -3.84. The van der Waals surface area contributed by atoms with Gasteiger partial charge in [0.2, 0.25) is 15.9 Å². The van der Waals surface area contributed by atoms with Gasteiger partial charge in [-0.2, -0.15) is 0 Å². The van der Waals surface area contributed by atoms with Crippen molar-refractivity contribution >= 4 is 39.4 Å². The fourth-order valence-corrected chi connectivity index (χ4v) is 3.35. The van der Waals surface area contributed by atoms with Crippen LogP contribution in [0.3, 0.4) is 0 Å². The average Bonchev–Trinajstić information content (AvgIpc) is 2.66. The molecule has 0 spiro atoms. The van der Waals surface area contributed by atoms with Crippen LogP contribution < -0.4 is 10.0 Å². The molecule has 3 N–H and O–H groups in total. The van der Waals surface area contributed by atoms with Gasteiger partial charge in [0.25, 0.3) is 0 Å². The highest BCUT2D eigenvalue weighted by atomic mass is 32.2. The van der Waals surface area contributed by atoms with E-state index in [4.69, 9.17) is 5.11 Å². The molecule has 0 aliphatic heterocycles. The molecular weight excluding hydrogens is 396 g/mol. The van der Waals surface area contributed by atoms with E-state index in [1.165, 1.54) is 37.3 Å². The molecule has 2 aromatic rings. The van der Waals surface area contributed by atoms with Crippen molar-refractivity contribution in [1.82, 2.24) is 4.72 Å². The van der Waals surface area contributed by atoms with Gasteiger partial charge in [0.05, 0.1) is 11.3 Å². The third kappa shape index (κ3) is 6.98. The second-order valence-corrected chi connectivity index (χ2v) is 7.83. The third-order valence-electron chi connectivity index (χ3n) is 3.74. The highest BCUT2D eigenvalue weighted by Crippen LogP contribution is 2.14. The maximum Gasteiger partial charge on any atom is 0.304 e. The van der Waals surface area contributed by atoms with Crippen molar-refractivity contribution in [1.29, 1.82) is 0 Å². The third-order valence-corrected chi connectivity index (χ3v) is 5.22. The number of hydrogen-bond acceptors (Lipinski definition) is 5. The number of ketones is 1. The summed E-state index contributed by atoms with van der Waals surface area (Å²) in [4.78, 5) is 33.7. The number of carboxylic acids is 1. The van der Waals surface area contributed by atoms with Crippen molar-refractivity contribution < 1.29 is 27.9 Å². The molecule has 2 rings (SSSR count). The molecule has 29 heavy (non-hydrogen) atoms. The molecule has 0 aliphatic rings. The zero-order valence-electron chi connectivity index (χ0n) is 15.6. The van der Waals surface area contributed by atoms with Crippen LogP contribution in [0, 0.1) is 0 Å². The molecule has 2 aromatic carbocycles. The molecule has 0 heterocycles.